The van der Waals surface area contributed by atoms with Gasteiger partial charge in [0.15, 0.2) is 0 Å². The summed E-state index contributed by atoms with van der Waals surface area (Å²) in [5.41, 5.74) is 0.268. The minimum Gasteiger partial charge on any atom is -0.402 e. The molecule has 3 heterocycles. The van der Waals surface area contributed by atoms with E-state index in [-0.39, 0.29) is 16.5 Å². The summed E-state index contributed by atoms with van der Waals surface area (Å²) >= 11 is 4.78. The summed E-state index contributed by atoms with van der Waals surface area (Å²) in [6.07, 6.45) is 0. The van der Waals surface area contributed by atoms with Crippen molar-refractivity contribution < 1.29 is 22.4 Å². The largest absolute Gasteiger partial charge is 0.402 e. The molecule has 0 spiro atoms. The Kier molecular flexibility index (Phi) is 5.79. The lowest BCUT2D eigenvalue weighted by molar-refractivity contribution is 0.0730. The van der Waals surface area contributed by atoms with Gasteiger partial charge in [-0.1, -0.05) is 5.10 Å². The van der Waals surface area contributed by atoms with E-state index in [2.05, 4.69) is 31.4 Å². The lowest BCUT2D eigenvalue weighted by Gasteiger charge is -2.26. The molecule has 1 amide bonds. The topological polar surface area (TPSA) is 115 Å². The zero-order valence-electron chi connectivity index (χ0n) is 14.9. The molecule has 0 aliphatic carbocycles. The van der Waals surface area contributed by atoms with Crippen LogP contribution in [0.25, 0.3) is 10.8 Å². The molecule has 152 valence electrons. The number of ether oxygens (including phenoxy) is 1. The lowest BCUT2D eigenvalue weighted by Crippen LogP contribution is -2.40. The van der Waals surface area contributed by atoms with Gasteiger partial charge in [0.1, 0.15) is 0 Å². The standard InChI is InChI=1S/C17H15BrN4O5S2/c18-14-6-5-13(28-14)16-20-21-17(27-16)19-15(23)11-1-3-12(4-2-11)29(24,25)22-7-9-26-10-8-22/h1-6H,7-10H2,(H,19,21,23). The minimum absolute atomic E-state index is 0.0421. The maximum Gasteiger partial charge on any atom is 0.322 e. The number of halogens is 1. The number of hydrogen-bond donors (Lipinski definition) is 1. The third kappa shape index (κ3) is 4.41. The first-order valence-electron chi connectivity index (χ1n) is 8.52. The Morgan fingerprint density at radius 3 is 2.48 bits per heavy atom. The number of carbonyl (C=O) groups is 1. The molecule has 3 aromatic rings. The van der Waals surface area contributed by atoms with Crippen LogP contribution in [-0.4, -0.2) is 55.1 Å². The first-order valence-corrected chi connectivity index (χ1v) is 11.6. The van der Waals surface area contributed by atoms with E-state index in [9.17, 15) is 13.2 Å². The van der Waals surface area contributed by atoms with Crippen molar-refractivity contribution in [3.63, 3.8) is 0 Å². The Bertz CT molecular complexity index is 1120. The SMILES string of the molecule is O=C(Nc1nnc(-c2ccc(Br)s2)o1)c1ccc(S(=O)(=O)N2CCOCC2)cc1. The monoisotopic (exact) mass is 498 g/mol. The molecule has 9 nitrogen and oxygen atoms in total. The molecular weight excluding hydrogens is 484 g/mol. The molecule has 1 N–H and O–H groups in total. The van der Waals surface area contributed by atoms with Crippen molar-refractivity contribution in [2.24, 2.45) is 0 Å². The lowest BCUT2D eigenvalue weighted by atomic mass is 10.2. The first kappa shape index (κ1) is 20.2. The van der Waals surface area contributed by atoms with E-state index in [4.69, 9.17) is 9.15 Å². The van der Waals surface area contributed by atoms with E-state index in [1.165, 1.54) is 39.9 Å². The number of nitrogens with zero attached hydrogens (tertiary/aromatic N) is 3. The van der Waals surface area contributed by atoms with Gasteiger partial charge in [-0.25, -0.2) is 8.42 Å². The van der Waals surface area contributed by atoms with Gasteiger partial charge in [0, 0.05) is 18.7 Å². The van der Waals surface area contributed by atoms with Crippen molar-refractivity contribution in [1.82, 2.24) is 14.5 Å². The fourth-order valence-corrected chi connectivity index (χ4v) is 5.40. The van der Waals surface area contributed by atoms with Crippen LogP contribution in [0, 0.1) is 0 Å². The van der Waals surface area contributed by atoms with E-state index in [1.54, 1.807) is 0 Å². The molecule has 0 atom stereocenters. The second kappa shape index (κ2) is 8.32. The Morgan fingerprint density at radius 1 is 1.10 bits per heavy atom. The van der Waals surface area contributed by atoms with Crippen molar-refractivity contribution in [2.75, 3.05) is 31.6 Å². The van der Waals surface area contributed by atoms with Crippen LogP contribution in [0.5, 0.6) is 0 Å². The highest BCUT2D eigenvalue weighted by atomic mass is 79.9. The predicted octanol–water partition coefficient (Wildman–Crippen LogP) is 2.83. The van der Waals surface area contributed by atoms with E-state index < -0.39 is 15.9 Å². The first-order chi connectivity index (χ1) is 13.9. The quantitative estimate of drug-likeness (QED) is 0.574. The summed E-state index contributed by atoms with van der Waals surface area (Å²) < 4.78 is 38.2. The highest BCUT2D eigenvalue weighted by Crippen LogP contribution is 2.31. The Morgan fingerprint density at radius 2 is 1.83 bits per heavy atom. The zero-order valence-corrected chi connectivity index (χ0v) is 18.1. The molecule has 1 aliphatic rings. The molecule has 1 fully saturated rings. The van der Waals surface area contributed by atoms with Crippen LogP contribution in [0.4, 0.5) is 6.01 Å². The van der Waals surface area contributed by atoms with Gasteiger partial charge in [0.05, 0.1) is 26.8 Å². The van der Waals surface area contributed by atoms with Gasteiger partial charge in [-0.15, -0.1) is 16.4 Å². The van der Waals surface area contributed by atoms with Gasteiger partial charge in [0.25, 0.3) is 11.8 Å². The second-order valence-electron chi connectivity index (χ2n) is 6.01. The number of morpholine rings is 1. The van der Waals surface area contributed by atoms with Crippen molar-refractivity contribution in [2.45, 2.75) is 4.90 Å². The summed E-state index contributed by atoms with van der Waals surface area (Å²) in [5.74, 6) is -0.189. The van der Waals surface area contributed by atoms with Crippen LogP contribution >= 0.6 is 27.3 Å². The van der Waals surface area contributed by atoms with Gasteiger partial charge in [-0.05, 0) is 52.3 Å². The van der Waals surface area contributed by atoms with E-state index in [0.29, 0.717) is 32.2 Å². The average Bonchev–Trinajstić information content (AvgIpc) is 3.37. The fourth-order valence-electron chi connectivity index (χ4n) is 2.69. The molecule has 0 unspecified atom stereocenters. The number of anilines is 1. The van der Waals surface area contributed by atoms with Crippen LogP contribution in [-0.2, 0) is 14.8 Å². The molecule has 4 rings (SSSR count). The normalized spacial score (nSPS) is 15.3. The van der Waals surface area contributed by atoms with Crippen LogP contribution in [0.1, 0.15) is 10.4 Å². The smallest absolute Gasteiger partial charge is 0.322 e. The summed E-state index contributed by atoms with van der Waals surface area (Å²) in [7, 11) is -3.61. The average molecular weight is 499 g/mol. The number of carbonyl (C=O) groups excluding carboxylic acids is 1. The van der Waals surface area contributed by atoms with Crippen molar-refractivity contribution in [3.8, 4) is 10.8 Å². The summed E-state index contributed by atoms with van der Waals surface area (Å²) in [5, 5.41) is 10.2. The number of sulfonamides is 1. The Hall–Kier alpha value is -2.12. The van der Waals surface area contributed by atoms with Crippen molar-refractivity contribution >= 4 is 49.2 Å². The molecule has 1 aromatic carbocycles. The second-order valence-corrected chi connectivity index (χ2v) is 10.4. The molecule has 0 saturated carbocycles. The maximum absolute atomic E-state index is 12.6. The summed E-state index contributed by atoms with van der Waals surface area (Å²) in [6, 6.07) is 9.33. The highest BCUT2D eigenvalue weighted by Gasteiger charge is 2.26. The van der Waals surface area contributed by atoms with E-state index in [1.807, 2.05) is 12.1 Å². The predicted molar refractivity (Wildman–Crippen MR) is 109 cm³/mol. The highest BCUT2D eigenvalue weighted by molar-refractivity contribution is 9.11. The number of hydrogen-bond acceptors (Lipinski definition) is 8. The summed E-state index contributed by atoms with van der Waals surface area (Å²) in [6.45, 7) is 1.36. The van der Waals surface area contributed by atoms with Crippen molar-refractivity contribution in [1.29, 1.82) is 0 Å². The molecule has 12 heteroatoms. The van der Waals surface area contributed by atoms with E-state index in [0.717, 1.165) is 8.66 Å². The Balaban J connectivity index is 1.45. The van der Waals surface area contributed by atoms with Gasteiger partial charge < -0.3 is 9.15 Å². The third-order valence-corrected chi connectivity index (χ3v) is 7.68. The Labute approximate surface area is 178 Å². The number of aromatic nitrogens is 2. The number of nitrogens with one attached hydrogen (secondary N) is 1. The zero-order chi connectivity index (χ0) is 20.4. The molecule has 2 aromatic heterocycles. The van der Waals surface area contributed by atoms with Crippen LogP contribution < -0.4 is 5.32 Å². The van der Waals surface area contributed by atoms with Gasteiger partial charge in [0.2, 0.25) is 10.0 Å². The fraction of sp³-hybridized carbons (Fsp3) is 0.235. The molecule has 1 saturated heterocycles. The minimum atomic E-state index is -3.61. The number of thiophene rings is 1. The summed E-state index contributed by atoms with van der Waals surface area (Å²) in [4.78, 5) is 13.3. The van der Waals surface area contributed by atoms with E-state index >= 15 is 0 Å². The molecule has 1 aliphatic heterocycles. The molecule has 0 bridgehead atoms. The maximum atomic E-state index is 12.6. The van der Waals surface area contributed by atoms with Crippen LogP contribution in [0.15, 0.2) is 49.5 Å². The van der Waals surface area contributed by atoms with Gasteiger partial charge in [-0.3, -0.25) is 10.1 Å². The number of amides is 1. The van der Waals surface area contributed by atoms with Gasteiger partial charge >= 0.3 is 6.01 Å². The van der Waals surface area contributed by atoms with Crippen molar-refractivity contribution in [3.05, 3.63) is 45.7 Å². The number of rotatable bonds is 5. The van der Waals surface area contributed by atoms with Gasteiger partial charge in [-0.2, -0.15) is 4.31 Å². The molecule has 29 heavy (non-hydrogen) atoms. The van der Waals surface area contributed by atoms with Crippen LogP contribution in [0.2, 0.25) is 0 Å². The number of benzene rings is 1. The third-order valence-electron chi connectivity index (χ3n) is 4.15. The molecular formula is C17H15BrN4O5S2. The molecule has 0 radical (unpaired) electrons. The van der Waals surface area contributed by atoms with Crippen LogP contribution in [0.3, 0.4) is 0 Å².